The lowest BCUT2D eigenvalue weighted by molar-refractivity contribution is -0.0113. The zero-order valence-electron chi connectivity index (χ0n) is 10.1. The van der Waals surface area contributed by atoms with Crippen LogP contribution in [0.25, 0.3) is 0 Å². The average molecular weight is 239 g/mol. The van der Waals surface area contributed by atoms with Crippen molar-refractivity contribution in [3.05, 3.63) is 48.6 Å². The van der Waals surface area contributed by atoms with Crippen molar-refractivity contribution in [2.24, 2.45) is 5.73 Å². The molecule has 1 aromatic rings. The van der Waals surface area contributed by atoms with Gasteiger partial charge in [-0.3, -0.25) is 0 Å². The molecule has 0 aliphatic carbocycles. The average Bonchev–Trinajstić information content (AvgIpc) is 2.28. The molecule has 17 heavy (non-hydrogen) atoms. The van der Waals surface area contributed by atoms with Crippen molar-refractivity contribution in [3.63, 3.8) is 0 Å². The molecule has 0 saturated carbocycles. The molecule has 1 aromatic carbocycles. The standard InChI is InChI=1S/C14H19F2N/c1-3-9-14(15,16)11-10-13(2,17)12-7-5-4-6-8-12/h3-8H,1,9-11,17H2,2H3. The van der Waals surface area contributed by atoms with Crippen LogP contribution in [0.5, 0.6) is 0 Å². The molecular weight excluding hydrogens is 220 g/mol. The Morgan fingerprint density at radius 1 is 1.24 bits per heavy atom. The van der Waals surface area contributed by atoms with Gasteiger partial charge in [-0.15, -0.1) is 6.58 Å². The maximum Gasteiger partial charge on any atom is 0.251 e. The molecule has 0 spiro atoms. The Kier molecular flexibility index (Phi) is 4.40. The van der Waals surface area contributed by atoms with E-state index in [4.69, 9.17) is 5.73 Å². The van der Waals surface area contributed by atoms with Crippen LogP contribution < -0.4 is 5.73 Å². The zero-order chi connectivity index (χ0) is 12.9. The van der Waals surface area contributed by atoms with E-state index in [9.17, 15) is 8.78 Å². The van der Waals surface area contributed by atoms with E-state index in [1.165, 1.54) is 6.08 Å². The first kappa shape index (κ1) is 13.8. The van der Waals surface area contributed by atoms with Gasteiger partial charge in [0.15, 0.2) is 0 Å². The molecule has 0 radical (unpaired) electrons. The van der Waals surface area contributed by atoms with E-state index in [0.29, 0.717) is 0 Å². The molecule has 0 aliphatic heterocycles. The molecule has 0 heterocycles. The number of halogens is 2. The predicted molar refractivity (Wildman–Crippen MR) is 67.0 cm³/mol. The van der Waals surface area contributed by atoms with Gasteiger partial charge in [0.25, 0.3) is 5.92 Å². The van der Waals surface area contributed by atoms with Crippen molar-refractivity contribution in [1.82, 2.24) is 0 Å². The van der Waals surface area contributed by atoms with E-state index in [1.807, 2.05) is 30.3 Å². The van der Waals surface area contributed by atoms with Gasteiger partial charge >= 0.3 is 0 Å². The van der Waals surface area contributed by atoms with Gasteiger partial charge in [-0.2, -0.15) is 0 Å². The van der Waals surface area contributed by atoms with Crippen LogP contribution in [0.1, 0.15) is 31.7 Å². The van der Waals surface area contributed by atoms with Crippen LogP contribution >= 0.6 is 0 Å². The molecule has 0 aromatic heterocycles. The Bertz CT molecular complexity index is 358. The summed E-state index contributed by atoms with van der Waals surface area (Å²) in [4.78, 5) is 0. The first-order valence-electron chi connectivity index (χ1n) is 5.70. The fourth-order valence-corrected chi connectivity index (χ4v) is 1.72. The summed E-state index contributed by atoms with van der Waals surface area (Å²) >= 11 is 0. The lowest BCUT2D eigenvalue weighted by atomic mass is 9.87. The lowest BCUT2D eigenvalue weighted by Gasteiger charge is -2.27. The third-order valence-corrected chi connectivity index (χ3v) is 2.89. The highest BCUT2D eigenvalue weighted by atomic mass is 19.3. The van der Waals surface area contributed by atoms with Gasteiger partial charge in [0.2, 0.25) is 0 Å². The summed E-state index contributed by atoms with van der Waals surface area (Å²) in [7, 11) is 0. The van der Waals surface area contributed by atoms with Crippen LogP contribution in [0.2, 0.25) is 0 Å². The monoisotopic (exact) mass is 239 g/mol. The number of benzene rings is 1. The third-order valence-electron chi connectivity index (χ3n) is 2.89. The summed E-state index contributed by atoms with van der Waals surface area (Å²) in [6.07, 6.45) is 0.979. The van der Waals surface area contributed by atoms with Crippen LogP contribution in [0.3, 0.4) is 0 Å². The molecule has 0 bridgehead atoms. The van der Waals surface area contributed by atoms with E-state index >= 15 is 0 Å². The minimum absolute atomic E-state index is 0.221. The molecule has 0 amide bonds. The van der Waals surface area contributed by atoms with Crippen LogP contribution in [0.4, 0.5) is 8.78 Å². The summed E-state index contributed by atoms with van der Waals surface area (Å²) in [5.41, 5.74) is 6.25. The molecule has 2 N–H and O–H groups in total. The summed E-state index contributed by atoms with van der Waals surface area (Å²) < 4.78 is 26.7. The Balaban J connectivity index is 2.65. The molecule has 3 heteroatoms. The molecule has 1 nitrogen and oxygen atoms in total. The molecule has 0 saturated heterocycles. The zero-order valence-corrected chi connectivity index (χ0v) is 10.1. The fourth-order valence-electron chi connectivity index (χ4n) is 1.72. The number of nitrogens with two attached hydrogens (primary N) is 1. The largest absolute Gasteiger partial charge is 0.322 e. The van der Waals surface area contributed by atoms with Gasteiger partial charge in [-0.1, -0.05) is 36.4 Å². The maximum atomic E-state index is 13.3. The van der Waals surface area contributed by atoms with Crippen LogP contribution in [-0.4, -0.2) is 5.92 Å². The topological polar surface area (TPSA) is 26.0 Å². The SMILES string of the molecule is C=CCC(F)(F)CCC(C)(N)c1ccccc1. The van der Waals surface area contributed by atoms with Crippen molar-refractivity contribution >= 4 is 0 Å². The molecule has 1 atom stereocenters. The highest BCUT2D eigenvalue weighted by Gasteiger charge is 2.31. The van der Waals surface area contributed by atoms with Crippen LogP contribution in [-0.2, 0) is 5.54 Å². The third kappa shape index (κ3) is 4.27. The normalized spacial score (nSPS) is 15.3. The van der Waals surface area contributed by atoms with Gasteiger partial charge in [0.05, 0.1) is 0 Å². The number of rotatable bonds is 6. The smallest absolute Gasteiger partial charge is 0.251 e. The number of alkyl halides is 2. The minimum Gasteiger partial charge on any atom is -0.322 e. The van der Waals surface area contributed by atoms with Crippen molar-refractivity contribution in [1.29, 1.82) is 0 Å². The van der Waals surface area contributed by atoms with Crippen LogP contribution in [0.15, 0.2) is 43.0 Å². The summed E-state index contributed by atoms with van der Waals surface area (Å²) in [5, 5.41) is 0. The second-order valence-corrected chi connectivity index (χ2v) is 4.63. The van der Waals surface area contributed by atoms with E-state index in [2.05, 4.69) is 6.58 Å². The van der Waals surface area contributed by atoms with Crippen molar-refractivity contribution in [2.45, 2.75) is 37.6 Å². The summed E-state index contributed by atoms with van der Waals surface area (Å²) in [6.45, 7) is 5.12. The van der Waals surface area contributed by atoms with Crippen molar-refractivity contribution in [2.75, 3.05) is 0 Å². The van der Waals surface area contributed by atoms with Gasteiger partial charge in [0.1, 0.15) is 0 Å². The summed E-state index contributed by atoms with van der Waals surface area (Å²) in [5.74, 6) is -2.71. The molecular formula is C14H19F2N. The Morgan fingerprint density at radius 2 is 1.82 bits per heavy atom. The quantitative estimate of drug-likeness (QED) is 0.750. The second-order valence-electron chi connectivity index (χ2n) is 4.63. The first-order valence-corrected chi connectivity index (χ1v) is 5.70. The molecule has 94 valence electrons. The van der Waals surface area contributed by atoms with E-state index < -0.39 is 11.5 Å². The van der Waals surface area contributed by atoms with E-state index in [1.54, 1.807) is 6.92 Å². The molecule has 0 aliphatic rings. The maximum absolute atomic E-state index is 13.3. The first-order chi connectivity index (χ1) is 7.87. The molecule has 1 unspecified atom stereocenters. The summed E-state index contributed by atoms with van der Waals surface area (Å²) in [6, 6.07) is 9.34. The highest BCUT2D eigenvalue weighted by molar-refractivity contribution is 5.22. The Morgan fingerprint density at radius 3 is 2.35 bits per heavy atom. The molecule has 1 rings (SSSR count). The number of hydrogen-bond acceptors (Lipinski definition) is 1. The Labute approximate surface area is 101 Å². The van der Waals surface area contributed by atoms with Gasteiger partial charge in [-0.05, 0) is 18.9 Å². The predicted octanol–water partition coefficient (Wildman–Crippen LogP) is 3.85. The number of hydrogen-bond donors (Lipinski definition) is 1. The van der Waals surface area contributed by atoms with E-state index in [-0.39, 0.29) is 19.3 Å². The Hall–Kier alpha value is -1.22. The minimum atomic E-state index is -2.71. The molecule has 0 fully saturated rings. The van der Waals surface area contributed by atoms with Gasteiger partial charge < -0.3 is 5.73 Å². The van der Waals surface area contributed by atoms with Crippen LogP contribution in [0, 0.1) is 0 Å². The van der Waals surface area contributed by atoms with E-state index in [0.717, 1.165) is 5.56 Å². The fraction of sp³-hybridized carbons (Fsp3) is 0.429. The van der Waals surface area contributed by atoms with Crippen molar-refractivity contribution < 1.29 is 8.78 Å². The highest BCUT2D eigenvalue weighted by Crippen LogP contribution is 2.31. The van der Waals surface area contributed by atoms with Gasteiger partial charge in [0, 0.05) is 18.4 Å². The second kappa shape index (κ2) is 5.41. The lowest BCUT2D eigenvalue weighted by Crippen LogP contribution is -2.35. The number of allylic oxidation sites excluding steroid dienone is 1. The van der Waals surface area contributed by atoms with Crippen molar-refractivity contribution in [3.8, 4) is 0 Å². The van der Waals surface area contributed by atoms with Gasteiger partial charge in [-0.25, -0.2) is 8.78 Å².